The van der Waals surface area contributed by atoms with Crippen molar-refractivity contribution in [2.45, 2.75) is 56.7 Å². The maximum atomic E-state index is 13.5. The summed E-state index contributed by atoms with van der Waals surface area (Å²) >= 11 is 0. The summed E-state index contributed by atoms with van der Waals surface area (Å²) in [7, 11) is 0. The Kier molecular flexibility index (Phi) is 5.96. The van der Waals surface area contributed by atoms with E-state index in [9.17, 15) is 9.59 Å². The number of pyridine rings is 1. The number of amides is 2. The highest BCUT2D eigenvalue weighted by Gasteiger charge is 2.51. The van der Waals surface area contributed by atoms with Crippen LogP contribution in [0.3, 0.4) is 0 Å². The first-order chi connectivity index (χ1) is 15.6. The number of hydrogen-bond acceptors (Lipinski definition) is 4. The maximum absolute atomic E-state index is 13.5. The Morgan fingerprint density at radius 2 is 1.81 bits per heavy atom. The van der Waals surface area contributed by atoms with Gasteiger partial charge in [-0.3, -0.25) is 19.9 Å². The molecule has 2 aromatic rings. The molecule has 0 bridgehead atoms. The molecule has 1 aliphatic carbocycles. The van der Waals surface area contributed by atoms with Crippen LogP contribution in [-0.2, 0) is 22.4 Å². The van der Waals surface area contributed by atoms with Gasteiger partial charge in [-0.15, -0.1) is 0 Å². The molecule has 32 heavy (non-hydrogen) atoms. The third-order valence-electron chi connectivity index (χ3n) is 7.48. The van der Waals surface area contributed by atoms with Crippen molar-refractivity contribution >= 4 is 11.8 Å². The molecule has 1 N–H and O–H groups in total. The molecule has 1 spiro atoms. The summed E-state index contributed by atoms with van der Waals surface area (Å²) in [6.07, 6.45) is 8.03. The number of piperidine rings is 1. The van der Waals surface area contributed by atoms with Crippen molar-refractivity contribution in [2.24, 2.45) is 5.92 Å². The molecular formula is C26H32N4O2. The third-order valence-corrected chi connectivity index (χ3v) is 7.48. The monoisotopic (exact) mass is 432 g/mol. The number of hydrogen-bond donors (Lipinski definition) is 1. The summed E-state index contributed by atoms with van der Waals surface area (Å²) in [5, 5.41) is 3.73. The Labute approximate surface area is 190 Å². The van der Waals surface area contributed by atoms with Crippen LogP contribution in [0, 0.1) is 5.92 Å². The van der Waals surface area contributed by atoms with Crippen molar-refractivity contribution in [1.29, 1.82) is 0 Å². The zero-order valence-corrected chi connectivity index (χ0v) is 18.6. The lowest BCUT2D eigenvalue weighted by molar-refractivity contribution is -0.142. The van der Waals surface area contributed by atoms with E-state index in [1.54, 1.807) is 6.20 Å². The number of carbonyl (C=O) groups excluding carboxylic acids is 2. The predicted octanol–water partition coefficient (Wildman–Crippen LogP) is 2.79. The quantitative estimate of drug-likeness (QED) is 0.762. The Morgan fingerprint density at radius 3 is 2.47 bits per heavy atom. The molecular weight excluding hydrogens is 400 g/mol. The number of nitrogens with one attached hydrogen (secondary N) is 1. The summed E-state index contributed by atoms with van der Waals surface area (Å²) in [4.78, 5) is 34.8. The highest BCUT2D eigenvalue weighted by molar-refractivity contribution is 5.86. The van der Waals surface area contributed by atoms with Gasteiger partial charge in [0.1, 0.15) is 0 Å². The van der Waals surface area contributed by atoms with E-state index < -0.39 is 0 Å². The van der Waals surface area contributed by atoms with Crippen molar-refractivity contribution in [2.75, 3.05) is 19.6 Å². The molecule has 1 aromatic carbocycles. The molecule has 6 nitrogen and oxygen atoms in total. The first-order valence-electron chi connectivity index (χ1n) is 12.0. The molecule has 2 aliphatic heterocycles. The smallest absolute Gasteiger partial charge is 0.241 e. The van der Waals surface area contributed by atoms with Crippen molar-refractivity contribution in [1.82, 2.24) is 20.1 Å². The minimum absolute atomic E-state index is 0.170. The first kappa shape index (κ1) is 21.1. The Morgan fingerprint density at radius 1 is 1.06 bits per heavy atom. The van der Waals surface area contributed by atoms with Gasteiger partial charge in [-0.05, 0) is 37.0 Å². The average Bonchev–Trinajstić information content (AvgIpc) is 3.03. The van der Waals surface area contributed by atoms with Gasteiger partial charge >= 0.3 is 0 Å². The number of nitrogens with zero attached hydrogens (tertiary/aromatic N) is 3. The van der Waals surface area contributed by atoms with Gasteiger partial charge in [0.15, 0.2) is 0 Å². The molecule has 1 unspecified atom stereocenters. The number of likely N-dealkylation sites (tertiary alicyclic amines) is 1. The van der Waals surface area contributed by atoms with Crippen molar-refractivity contribution < 1.29 is 9.59 Å². The van der Waals surface area contributed by atoms with E-state index in [0.29, 0.717) is 32.0 Å². The van der Waals surface area contributed by atoms with Crippen LogP contribution in [0.1, 0.15) is 43.4 Å². The van der Waals surface area contributed by atoms with Crippen LogP contribution in [-0.4, -0.2) is 57.9 Å². The summed E-state index contributed by atoms with van der Waals surface area (Å²) in [5.41, 5.74) is 1.79. The summed E-state index contributed by atoms with van der Waals surface area (Å²) in [6.45, 7) is 2.08. The van der Waals surface area contributed by atoms with Crippen LogP contribution >= 0.6 is 0 Å². The number of rotatable bonds is 6. The molecule has 3 fully saturated rings. The predicted molar refractivity (Wildman–Crippen MR) is 123 cm³/mol. The second-order valence-electron chi connectivity index (χ2n) is 9.43. The molecule has 1 saturated carbocycles. The lowest BCUT2D eigenvalue weighted by atomic mass is 9.83. The molecule has 2 amide bonds. The second-order valence-corrected chi connectivity index (χ2v) is 9.43. The minimum Gasteiger partial charge on any atom is -0.342 e. The Bertz CT molecular complexity index is 937. The maximum Gasteiger partial charge on any atom is 0.241 e. The first-order valence-corrected chi connectivity index (χ1v) is 12.0. The van der Waals surface area contributed by atoms with Gasteiger partial charge in [0.25, 0.3) is 0 Å². The average molecular weight is 433 g/mol. The van der Waals surface area contributed by atoms with Crippen LogP contribution in [0.2, 0.25) is 0 Å². The van der Waals surface area contributed by atoms with E-state index in [1.165, 1.54) is 6.42 Å². The molecule has 0 radical (unpaired) electrons. The van der Waals surface area contributed by atoms with Gasteiger partial charge < -0.3 is 9.80 Å². The lowest BCUT2D eigenvalue weighted by Gasteiger charge is -2.46. The zero-order chi connectivity index (χ0) is 22.0. The molecule has 1 atom stereocenters. The largest absolute Gasteiger partial charge is 0.342 e. The fourth-order valence-electron chi connectivity index (χ4n) is 5.37. The summed E-state index contributed by atoms with van der Waals surface area (Å²) < 4.78 is 0. The molecule has 6 heteroatoms. The zero-order valence-electron chi connectivity index (χ0n) is 18.6. The number of aromatic nitrogens is 1. The Hall–Kier alpha value is -2.73. The van der Waals surface area contributed by atoms with Gasteiger partial charge in [0.05, 0.1) is 11.7 Å². The highest BCUT2D eigenvalue weighted by atomic mass is 16.2. The van der Waals surface area contributed by atoms with Gasteiger partial charge in [-0.1, -0.05) is 42.8 Å². The van der Waals surface area contributed by atoms with E-state index in [-0.39, 0.29) is 23.5 Å². The number of benzene rings is 1. The molecule has 3 heterocycles. The van der Waals surface area contributed by atoms with Crippen molar-refractivity contribution in [3.05, 3.63) is 66.0 Å². The van der Waals surface area contributed by atoms with Crippen LogP contribution in [0.4, 0.5) is 0 Å². The van der Waals surface area contributed by atoms with E-state index in [0.717, 1.165) is 43.4 Å². The standard InChI is InChI=1S/C26H32N4O2/c31-24(21-9-6-10-21)29-17-13-26(14-18-29)28-23(19-20-7-2-1-3-8-20)25(32)30(26)16-12-22-11-4-5-15-27-22/h1-5,7-8,11,15,21,23,28H,6,9-10,12-14,16-19H2. The fraction of sp³-hybridized carbons (Fsp3) is 0.500. The van der Waals surface area contributed by atoms with Gasteiger partial charge in [-0.25, -0.2) is 0 Å². The van der Waals surface area contributed by atoms with Crippen LogP contribution < -0.4 is 5.32 Å². The third kappa shape index (κ3) is 4.16. The normalized spacial score (nSPS) is 22.9. The van der Waals surface area contributed by atoms with Crippen molar-refractivity contribution in [3.63, 3.8) is 0 Å². The molecule has 2 saturated heterocycles. The minimum atomic E-state index is -0.373. The van der Waals surface area contributed by atoms with Gasteiger partial charge in [0, 0.05) is 56.7 Å². The van der Waals surface area contributed by atoms with Gasteiger partial charge in [-0.2, -0.15) is 0 Å². The molecule has 168 valence electrons. The van der Waals surface area contributed by atoms with Crippen LogP contribution in [0.5, 0.6) is 0 Å². The van der Waals surface area contributed by atoms with E-state index >= 15 is 0 Å². The molecule has 3 aliphatic rings. The fourth-order valence-corrected chi connectivity index (χ4v) is 5.37. The number of carbonyl (C=O) groups is 2. The SMILES string of the molecule is O=C(C1CCC1)N1CCC2(CC1)NC(Cc1ccccc1)C(=O)N2CCc1ccccn1. The lowest BCUT2D eigenvalue weighted by Crippen LogP contribution is -2.60. The highest BCUT2D eigenvalue weighted by Crippen LogP contribution is 2.35. The van der Waals surface area contributed by atoms with Crippen LogP contribution in [0.15, 0.2) is 54.7 Å². The van der Waals surface area contributed by atoms with E-state index in [2.05, 4.69) is 27.3 Å². The summed E-state index contributed by atoms with van der Waals surface area (Å²) in [5.74, 6) is 0.716. The summed E-state index contributed by atoms with van der Waals surface area (Å²) in [6, 6.07) is 15.9. The Balaban J connectivity index is 1.31. The van der Waals surface area contributed by atoms with Crippen molar-refractivity contribution in [3.8, 4) is 0 Å². The van der Waals surface area contributed by atoms with Gasteiger partial charge in [0.2, 0.25) is 11.8 Å². The second kappa shape index (κ2) is 9.02. The van der Waals surface area contributed by atoms with E-state index in [1.807, 2.05) is 41.3 Å². The molecule has 1 aromatic heterocycles. The topological polar surface area (TPSA) is 65.5 Å². The molecule has 5 rings (SSSR count). The van der Waals surface area contributed by atoms with E-state index in [4.69, 9.17) is 0 Å². The van der Waals surface area contributed by atoms with Crippen LogP contribution in [0.25, 0.3) is 0 Å².